The van der Waals surface area contributed by atoms with Crippen molar-refractivity contribution in [2.24, 2.45) is 0 Å². The number of nitrogens with zero attached hydrogens (tertiary/aromatic N) is 2. The molecule has 22 heavy (non-hydrogen) atoms. The molecule has 0 aliphatic heterocycles. The summed E-state index contributed by atoms with van der Waals surface area (Å²) in [5, 5.41) is 16.7. The predicted molar refractivity (Wildman–Crippen MR) is 88.5 cm³/mol. The van der Waals surface area contributed by atoms with E-state index in [1.54, 1.807) is 7.11 Å². The van der Waals surface area contributed by atoms with Gasteiger partial charge in [0.05, 0.1) is 17.7 Å². The largest absolute Gasteiger partial charge is 0.495 e. The van der Waals surface area contributed by atoms with E-state index in [9.17, 15) is 10.1 Å². The average molecular weight is 318 g/mol. The van der Waals surface area contributed by atoms with Crippen LogP contribution in [0.15, 0.2) is 36.5 Å². The summed E-state index contributed by atoms with van der Waals surface area (Å²) in [7, 11) is 1.57. The lowest BCUT2D eigenvalue weighted by atomic mass is 10.2. The van der Waals surface area contributed by atoms with E-state index >= 15 is 0 Å². The zero-order valence-electron chi connectivity index (χ0n) is 12.0. The summed E-state index contributed by atoms with van der Waals surface area (Å²) < 4.78 is 5.25. The van der Waals surface area contributed by atoms with E-state index in [4.69, 9.17) is 17.0 Å². The van der Waals surface area contributed by atoms with E-state index in [0.717, 1.165) is 17.4 Å². The van der Waals surface area contributed by atoms with Crippen LogP contribution in [-0.4, -0.2) is 22.1 Å². The zero-order chi connectivity index (χ0) is 16.1. The van der Waals surface area contributed by atoms with Crippen LogP contribution in [-0.2, 0) is 0 Å². The number of rotatable bonds is 4. The monoisotopic (exact) mass is 318 g/mol. The quantitative estimate of drug-likeness (QED) is 0.508. The molecule has 0 aliphatic carbocycles. The number of ether oxygens (including phenoxy) is 1. The molecule has 0 bridgehead atoms. The maximum Gasteiger partial charge on any atom is 0.287 e. The number of pyridine rings is 1. The number of benzene rings is 1. The Kier molecular flexibility index (Phi) is 4.84. The van der Waals surface area contributed by atoms with E-state index in [-0.39, 0.29) is 5.69 Å². The van der Waals surface area contributed by atoms with Crippen LogP contribution in [0.25, 0.3) is 0 Å². The first kappa shape index (κ1) is 15.6. The minimum Gasteiger partial charge on any atom is -0.495 e. The molecule has 0 amide bonds. The minimum absolute atomic E-state index is 0.0789. The van der Waals surface area contributed by atoms with Crippen molar-refractivity contribution in [3.8, 4) is 5.75 Å². The molecule has 8 heteroatoms. The van der Waals surface area contributed by atoms with Crippen molar-refractivity contribution < 1.29 is 9.66 Å². The molecule has 2 N–H and O–H groups in total. The molecule has 114 valence electrons. The maximum absolute atomic E-state index is 10.6. The molecule has 0 atom stereocenters. The number of hydrogen-bond donors (Lipinski definition) is 2. The topological polar surface area (TPSA) is 89.3 Å². The number of nitro groups is 1. The summed E-state index contributed by atoms with van der Waals surface area (Å²) in [5.41, 5.74) is 1.70. The second-order valence-corrected chi connectivity index (χ2v) is 4.85. The maximum atomic E-state index is 10.6. The number of nitrogens with one attached hydrogen (secondary N) is 2. The summed E-state index contributed by atoms with van der Waals surface area (Å²) in [5.74, 6) is 1.07. The molecule has 2 rings (SSSR count). The molecule has 0 unspecified atom stereocenters. The Bertz CT molecular complexity index is 704. The highest BCUT2D eigenvalue weighted by Crippen LogP contribution is 2.25. The molecule has 0 aliphatic rings. The minimum atomic E-state index is -0.509. The van der Waals surface area contributed by atoms with Crippen LogP contribution in [0, 0.1) is 17.0 Å². The van der Waals surface area contributed by atoms with Crippen LogP contribution in [0.2, 0.25) is 0 Å². The number of hydrogen-bond acceptors (Lipinski definition) is 5. The van der Waals surface area contributed by atoms with E-state index < -0.39 is 4.92 Å². The highest BCUT2D eigenvalue weighted by molar-refractivity contribution is 7.80. The summed E-state index contributed by atoms with van der Waals surface area (Å²) in [6.45, 7) is 1.96. The normalized spacial score (nSPS) is 9.91. The molecule has 2 aromatic rings. The fourth-order valence-electron chi connectivity index (χ4n) is 1.76. The Balaban J connectivity index is 2.07. The average Bonchev–Trinajstić information content (AvgIpc) is 2.48. The highest BCUT2D eigenvalue weighted by atomic mass is 32.1. The van der Waals surface area contributed by atoms with Crippen LogP contribution in [0.5, 0.6) is 5.75 Å². The first-order valence-electron chi connectivity index (χ1n) is 6.32. The fourth-order valence-corrected chi connectivity index (χ4v) is 1.97. The van der Waals surface area contributed by atoms with Gasteiger partial charge < -0.3 is 15.4 Å². The molecule has 1 aromatic carbocycles. The first-order chi connectivity index (χ1) is 10.5. The van der Waals surface area contributed by atoms with Gasteiger partial charge in [0.1, 0.15) is 17.8 Å². The SMILES string of the molecule is COc1ccc(C)cc1NC(=S)Nc1ccc([N+](=O)[O-])cn1. The van der Waals surface area contributed by atoms with Crippen LogP contribution in [0.3, 0.4) is 0 Å². The van der Waals surface area contributed by atoms with Crippen molar-refractivity contribution >= 4 is 34.5 Å². The molecular weight excluding hydrogens is 304 g/mol. The molecule has 0 spiro atoms. The van der Waals surface area contributed by atoms with E-state index in [1.807, 2.05) is 25.1 Å². The molecule has 1 aromatic heterocycles. The van der Waals surface area contributed by atoms with Crippen LogP contribution in [0.1, 0.15) is 5.56 Å². The van der Waals surface area contributed by atoms with E-state index in [0.29, 0.717) is 16.7 Å². The van der Waals surface area contributed by atoms with E-state index in [1.165, 1.54) is 12.1 Å². The van der Waals surface area contributed by atoms with Crippen molar-refractivity contribution in [2.75, 3.05) is 17.7 Å². The lowest BCUT2D eigenvalue weighted by Crippen LogP contribution is -2.20. The molecule has 0 fully saturated rings. The number of anilines is 2. The fraction of sp³-hybridized carbons (Fsp3) is 0.143. The van der Waals surface area contributed by atoms with Gasteiger partial charge in [-0.3, -0.25) is 10.1 Å². The Hall–Kier alpha value is -2.74. The van der Waals surface area contributed by atoms with Gasteiger partial charge in [0.25, 0.3) is 5.69 Å². The van der Waals surface area contributed by atoms with Gasteiger partial charge in [-0.25, -0.2) is 4.98 Å². The van der Waals surface area contributed by atoms with Crippen molar-refractivity contribution in [3.63, 3.8) is 0 Å². The third-order valence-corrected chi connectivity index (χ3v) is 3.01. The Morgan fingerprint density at radius 3 is 2.68 bits per heavy atom. The first-order valence-corrected chi connectivity index (χ1v) is 6.73. The van der Waals surface area contributed by atoms with Gasteiger partial charge in [0.15, 0.2) is 5.11 Å². The van der Waals surface area contributed by atoms with Gasteiger partial charge in [0.2, 0.25) is 0 Å². The van der Waals surface area contributed by atoms with Crippen LogP contribution in [0.4, 0.5) is 17.2 Å². The third kappa shape index (κ3) is 3.89. The summed E-state index contributed by atoms with van der Waals surface area (Å²) in [6, 6.07) is 8.50. The van der Waals surface area contributed by atoms with Gasteiger partial charge in [-0.2, -0.15) is 0 Å². The smallest absolute Gasteiger partial charge is 0.287 e. The second kappa shape index (κ2) is 6.81. The zero-order valence-corrected chi connectivity index (χ0v) is 12.8. The number of aryl methyl sites for hydroxylation is 1. The summed E-state index contributed by atoms with van der Waals surface area (Å²) >= 11 is 5.20. The van der Waals surface area contributed by atoms with Crippen molar-refractivity contribution in [2.45, 2.75) is 6.92 Å². The molecule has 0 saturated heterocycles. The molecule has 0 saturated carbocycles. The van der Waals surface area contributed by atoms with Gasteiger partial charge in [-0.05, 0) is 42.9 Å². The standard InChI is InChI=1S/C14H14N4O3S/c1-9-3-5-12(21-2)11(7-9)16-14(22)17-13-6-4-10(8-15-13)18(19)20/h3-8H,1-2H3,(H2,15,16,17,22). The lowest BCUT2D eigenvalue weighted by molar-refractivity contribution is -0.385. The Morgan fingerprint density at radius 2 is 2.09 bits per heavy atom. The van der Waals surface area contributed by atoms with Crippen molar-refractivity contribution in [3.05, 3.63) is 52.2 Å². The number of thiocarbonyl (C=S) groups is 1. The van der Waals surface area contributed by atoms with Gasteiger partial charge in [-0.1, -0.05) is 6.07 Å². The predicted octanol–water partition coefficient (Wildman–Crippen LogP) is 3.12. The second-order valence-electron chi connectivity index (χ2n) is 4.44. The van der Waals surface area contributed by atoms with Gasteiger partial charge >= 0.3 is 0 Å². The molecule has 7 nitrogen and oxygen atoms in total. The van der Waals surface area contributed by atoms with Crippen LogP contribution >= 0.6 is 12.2 Å². The Labute approximate surface area is 132 Å². The number of methoxy groups -OCH3 is 1. The molecular formula is C14H14N4O3S. The molecule has 0 radical (unpaired) electrons. The molecule has 1 heterocycles. The third-order valence-electron chi connectivity index (χ3n) is 2.80. The Morgan fingerprint density at radius 1 is 1.32 bits per heavy atom. The number of aromatic nitrogens is 1. The lowest BCUT2D eigenvalue weighted by Gasteiger charge is -2.13. The van der Waals surface area contributed by atoms with Crippen molar-refractivity contribution in [1.29, 1.82) is 0 Å². The highest BCUT2D eigenvalue weighted by Gasteiger charge is 2.08. The van der Waals surface area contributed by atoms with E-state index in [2.05, 4.69) is 15.6 Å². The van der Waals surface area contributed by atoms with Crippen molar-refractivity contribution in [1.82, 2.24) is 4.98 Å². The summed E-state index contributed by atoms with van der Waals surface area (Å²) in [6.07, 6.45) is 1.16. The van der Waals surface area contributed by atoms with Gasteiger partial charge in [0, 0.05) is 6.07 Å². The van der Waals surface area contributed by atoms with Crippen LogP contribution < -0.4 is 15.4 Å². The van der Waals surface area contributed by atoms with Gasteiger partial charge in [-0.15, -0.1) is 0 Å². The summed E-state index contributed by atoms with van der Waals surface area (Å²) in [4.78, 5) is 14.0.